The third-order valence-electron chi connectivity index (χ3n) is 4.30. The van der Waals surface area contributed by atoms with Crippen LogP contribution in [0.1, 0.15) is 38.2 Å². The molecule has 1 aromatic rings. The minimum Gasteiger partial charge on any atom is -0.495 e. The molecule has 22 heavy (non-hydrogen) atoms. The molecule has 0 spiro atoms. The molecule has 1 aromatic carbocycles. The summed E-state index contributed by atoms with van der Waals surface area (Å²) in [6.07, 6.45) is 4.55. The molecule has 4 nitrogen and oxygen atoms in total. The van der Waals surface area contributed by atoms with Crippen molar-refractivity contribution in [1.82, 2.24) is 5.32 Å². The van der Waals surface area contributed by atoms with Crippen LogP contribution in [0.15, 0.2) is 12.1 Å². The smallest absolute Gasteiger partial charge is 0.239 e. The van der Waals surface area contributed by atoms with Crippen molar-refractivity contribution < 1.29 is 9.53 Å². The maximum absolute atomic E-state index is 12.1. The summed E-state index contributed by atoms with van der Waals surface area (Å²) in [5, 5.41) is 6.90. The molecule has 0 heterocycles. The van der Waals surface area contributed by atoms with Gasteiger partial charge in [-0.2, -0.15) is 0 Å². The molecule has 5 heteroatoms. The predicted molar refractivity (Wildman–Crippen MR) is 90.8 cm³/mol. The van der Waals surface area contributed by atoms with Crippen molar-refractivity contribution in [2.75, 3.05) is 19.0 Å². The van der Waals surface area contributed by atoms with Gasteiger partial charge < -0.3 is 15.4 Å². The van der Waals surface area contributed by atoms with Gasteiger partial charge >= 0.3 is 0 Å². The minimum atomic E-state index is 0.0224. The second-order valence-corrected chi connectivity index (χ2v) is 6.59. The van der Waals surface area contributed by atoms with Crippen molar-refractivity contribution >= 4 is 23.2 Å². The average Bonchev–Trinajstić information content (AvgIpc) is 2.50. The van der Waals surface area contributed by atoms with Gasteiger partial charge in [0, 0.05) is 17.1 Å². The lowest BCUT2D eigenvalue weighted by molar-refractivity contribution is -0.120. The molecule has 1 saturated carbocycles. The van der Waals surface area contributed by atoms with E-state index in [0.717, 1.165) is 30.0 Å². The molecular weight excluding hydrogens is 300 g/mol. The molecule has 2 N–H and O–H groups in total. The number of carbonyl (C=O) groups excluding carboxylic acids is 1. The number of ether oxygens (including phenoxy) is 1. The first-order chi connectivity index (χ1) is 10.5. The van der Waals surface area contributed by atoms with Gasteiger partial charge in [0.25, 0.3) is 0 Å². The molecule has 1 amide bonds. The molecule has 1 aliphatic rings. The fourth-order valence-corrected chi connectivity index (χ4v) is 2.98. The van der Waals surface area contributed by atoms with Gasteiger partial charge in [0.05, 0.1) is 19.3 Å². The first kappa shape index (κ1) is 16.9. The number of methoxy groups -OCH3 is 1. The van der Waals surface area contributed by atoms with Gasteiger partial charge in [-0.25, -0.2) is 0 Å². The Morgan fingerprint density at radius 1 is 1.32 bits per heavy atom. The van der Waals surface area contributed by atoms with Crippen molar-refractivity contribution in [3.8, 4) is 5.75 Å². The Morgan fingerprint density at radius 2 is 2.00 bits per heavy atom. The van der Waals surface area contributed by atoms with E-state index in [1.807, 2.05) is 13.0 Å². The van der Waals surface area contributed by atoms with Crippen LogP contribution in [0.4, 0.5) is 5.69 Å². The number of rotatable bonds is 5. The SMILES string of the molecule is COc1cc(Cl)c(C)cc1NCC(=O)NC1CCC(C)CC1. The van der Waals surface area contributed by atoms with Crippen LogP contribution in [0, 0.1) is 12.8 Å². The van der Waals surface area contributed by atoms with Gasteiger partial charge in [0.1, 0.15) is 5.75 Å². The lowest BCUT2D eigenvalue weighted by atomic mass is 9.87. The molecule has 122 valence electrons. The second-order valence-electron chi connectivity index (χ2n) is 6.18. The van der Waals surface area contributed by atoms with Crippen molar-refractivity contribution in [1.29, 1.82) is 0 Å². The molecule has 2 rings (SSSR count). The molecule has 0 radical (unpaired) electrons. The minimum absolute atomic E-state index is 0.0224. The summed E-state index contributed by atoms with van der Waals surface area (Å²) in [4.78, 5) is 12.1. The largest absolute Gasteiger partial charge is 0.495 e. The van der Waals surface area contributed by atoms with E-state index in [1.165, 1.54) is 12.8 Å². The van der Waals surface area contributed by atoms with Crippen molar-refractivity contribution in [2.24, 2.45) is 5.92 Å². The molecule has 0 bridgehead atoms. The quantitative estimate of drug-likeness (QED) is 0.867. The number of aryl methyl sites for hydroxylation is 1. The summed E-state index contributed by atoms with van der Waals surface area (Å²) in [5.74, 6) is 1.46. The van der Waals surface area contributed by atoms with E-state index in [4.69, 9.17) is 16.3 Å². The summed E-state index contributed by atoms with van der Waals surface area (Å²) < 4.78 is 5.30. The standard InChI is InChI=1S/C17H25ClN2O2/c1-11-4-6-13(7-5-11)20-17(21)10-19-15-8-12(2)14(18)9-16(15)22-3/h8-9,11,13,19H,4-7,10H2,1-3H3,(H,20,21). The third-order valence-corrected chi connectivity index (χ3v) is 4.71. The summed E-state index contributed by atoms with van der Waals surface area (Å²) in [5.41, 5.74) is 1.74. The number of amides is 1. The van der Waals surface area contributed by atoms with Crippen LogP contribution >= 0.6 is 11.6 Å². The van der Waals surface area contributed by atoms with E-state index in [0.29, 0.717) is 16.8 Å². The Labute approximate surface area is 137 Å². The summed E-state index contributed by atoms with van der Waals surface area (Å²) in [6.45, 7) is 4.44. The topological polar surface area (TPSA) is 50.4 Å². The van der Waals surface area contributed by atoms with E-state index in [2.05, 4.69) is 17.6 Å². The second kappa shape index (κ2) is 7.73. The highest BCUT2D eigenvalue weighted by Gasteiger charge is 2.19. The molecule has 1 fully saturated rings. The maximum Gasteiger partial charge on any atom is 0.239 e. The highest BCUT2D eigenvalue weighted by molar-refractivity contribution is 6.31. The van der Waals surface area contributed by atoms with Crippen LogP contribution in [-0.4, -0.2) is 25.6 Å². The first-order valence-electron chi connectivity index (χ1n) is 7.87. The summed E-state index contributed by atoms with van der Waals surface area (Å²) in [6, 6.07) is 3.98. The van der Waals surface area contributed by atoms with Gasteiger partial charge in [-0.3, -0.25) is 4.79 Å². The normalized spacial score (nSPS) is 21.3. The molecule has 0 unspecified atom stereocenters. The zero-order chi connectivity index (χ0) is 16.1. The number of benzene rings is 1. The lowest BCUT2D eigenvalue weighted by Crippen LogP contribution is -2.40. The van der Waals surface area contributed by atoms with E-state index < -0.39 is 0 Å². The number of hydrogen-bond donors (Lipinski definition) is 2. The molecule has 0 aliphatic heterocycles. The predicted octanol–water partition coefficient (Wildman–Crippen LogP) is 3.76. The van der Waals surface area contributed by atoms with Crippen LogP contribution in [0.3, 0.4) is 0 Å². The van der Waals surface area contributed by atoms with Gasteiger partial charge in [-0.15, -0.1) is 0 Å². The zero-order valence-corrected chi connectivity index (χ0v) is 14.3. The molecule has 0 saturated heterocycles. The van der Waals surface area contributed by atoms with Crippen LogP contribution < -0.4 is 15.4 Å². The number of halogens is 1. The van der Waals surface area contributed by atoms with E-state index in [-0.39, 0.29) is 12.5 Å². The Morgan fingerprint density at radius 3 is 2.64 bits per heavy atom. The van der Waals surface area contributed by atoms with Gasteiger partial charge in [0.15, 0.2) is 0 Å². The number of anilines is 1. The van der Waals surface area contributed by atoms with E-state index >= 15 is 0 Å². The van der Waals surface area contributed by atoms with Crippen LogP contribution in [0.5, 0.6) is 5.75 Å². The van der Waals surface area contributed by atoms with Gasteiger partial charge in [0.2, 0.25) is 5.91 Å². The van der Waals surface area contributed by atoms with E-state index in [9.17, 15) is 4.79 Å². The monoisotopic (exact) mass is 324 g/mol. The Hall–Kier alpha value is -1.42. The Bertz CT molecular complexity index is 526. The number of hydrogen-bond acceptors (Lipinski definition) is 3. The summed E-state index contributed by atoms with van der Waals surface area (Å²) in [7, 11) is 1.59. The van der Waals surface area contributed by atoms with Crippen LogP contribution in [0.25, 0.3) is 0 Å². The fourth-order valence-electron chi connectivity index (χ4n) is 2.83. The number of carbonyl (C=O) groups is 1. The molecule has 0 aromatic heterocycles. The highest BCUT2D eigenvalue weighted by atomic mass is 35.5. The van der Waals surface area contributed by atoms with Gasteiger partial charge in [-0.1, -0.05) is 18.5 Å². The maximum atomic E-state index is 12.1. The fraction of sp³-hybridized carbons (Fsp3) is 0.588. The highest BCUT2D eigenvalue weighted by Crippen LogP contribution is 2.30. The van der Waals surface area contributed by atoms with E-state index in [1.54, 1.807) is 13.2 Å². The average molecular weight is 325 g/mol. The first-order valence-corrected chi connectivity index (χ1v) is 8.24. The zero-order valence-electron chi connectivity index (χ0n) is 13.5. The summed E-state index contributed by atoms with van der Waals surface area (Å²) >= 11 is 6.08. The molecule has 0 atom stereocenters. The molecular formula is C17H25ClN2O2. The van der Waals surface area contributed by atoms with Crippen molar-refractivity contribution in [3.63, 3.8) is 0 Å². The Balaban J connectivity index is 1.87. The van der Waals surface area contributed by atoms with Gasteiger partial charge in [-0.05, 0) is 50.2 Å². The molecule has 1 aliphatic carbocycles. The lowest BCUT2D eigenvalue weighted by Gasteiger charge is -2.27. The number of nitrogens with one attached hydrogen (secondary N) is 2. The Kier molecular flexibility index (Phi) is 5.95. The van der Waals surface area contributed by atoms with Crippen molar-refractivity contribution in [2.45, 2.75) is 45.6 Å². The van der Waals surface area contributed by atoms with Crippen LogP contribution in [0.2, 0.25) is 5.02 Å². The van der Waals surface area contributed by atoms with Crippen LogP contribution in [-0.2, 0) is 4.79 Å². The third kappa shape index (κ3) is 4.54. The van der Waals surface area contributed by atoms with Crippen molar-refractivity contribution in [3.05, 3.63) is 22.7 Å².